The molecule has 0 aromatic rings. The van der Waals surface area contributed by atoms with Gasteiger partial charge in [-0.2, -0.15) is 0 Å². The average molecular weight is 148 g/mol. The SMILES string of the molecule is C#CN(C=C)C(/C=C\C)=NC. The first-order chi connectivity index (χ1) is 5.29. The first kappa shape index (κ1) is 9.51. The molecular weight excluding hydrogens is 136 g/mol. The van der Waals surface area contributed by atoms with Gasteiger partial charge in [-0.25, -0.2) is 0 Å². The van der Waals surface area contributed by atoms with Crippen LogP contribution < -0.4 is 0 Å². The number of rotatable bonds is 2. The minimum absolute atomic E-state index is 0.713. The van der Waals surface area contributed by atoms with E-state index in [4.69, 9.17) is 6.42 Å². The zero-order valence-electron chi connectivity index (χ0n) is 6.91. The lowest BCUT2D eigenvalue weighted by Crippen LogP contribution is -2.17. The molecule has 2 heteroatoms. The van der Waals surface area contributed by atoms with Crippen LogP contribution in [0.15, 0.2) is 29.9 Å². The highest BCUT2D eigenvalue weighted by Gasteiger charge is 1.97. The third-order valence-electron chi connectivity index (χ3n) is 1.11. The van der Waals surface area contributed by atoms with Gasteiger partial charge in [-0.15, -0.1) is 0 Å². The van der Waals surface area contributed by atoms with E-state index in [1.807, 2.05) is 19.1 Å². The standard InChI is InChI=1S/C9H12N2/c1-5-8-9(10-4)11(6-2)7-3/h2,5,7-8H,3H2,1,4H3/b8-5-,10-9?. The molecule has 0 bridgehead atoms. The van der Waals surface area contributed by atoms with Gasteiger partial charge >= 0.3 is 0 Å². The fourth-order valence-electron chi connectivity index (χ4n) is 0.624. The van der Waals surface area contributed by atoms with Gasteiger partial charge in [0.15, 0.2) is 0 Å². The van der Waals surface area contributed by atoms with Crippen molar-refractivity contribution in [3.63, 3.8) is 0 Å². The maximum Gasteiger partial charge on any atom is 0.138 e. The van der Waals surface area contributed by atoms with Crippen LogP contribution in [-0.4, -0.2) is 17.8 Å². The Bertz CT molecular complexity index is 218. The van der Waals surface area contributed by atoms with E-state index in [9.17, 15) is 0 Å². The van der Waals surface area contributed by atoms with Crippen LogP contribution >= 0.6 is 0 Å². The van der Waals surface area contributed by atoms with E-state index in [1.165, 1.54) is 4.90 Å². The number of allylic oxidation sites excluding steroid dienone is 1. The molecule has 0 spiro atoms. The summed E-state index contributed by atoms with van der Waals surface area (Å²) < 4.78 is 0. The van der Waals surface area contributed by atoms with Crippen molar-refractivity contribution >= 4 is 5.84 Å². The van der Waals surface area contributed by atoms with Crippen molar-refractivity contribution in [3.05, 3.63) is 24.9 Å². The van der Waals surface area contributed by atoms with Crippen molar-refractivity contribution in [2.75, 3.05) is 7.05 Å². The number of hydrogen-bond acceptors (Lipinski definition) is 1. The number of aliphatic imine (C=N–C) groups is 1. The summed E-state index contributed by atoms with van der Waals surface area (Å²) in [7, 11) is 1.68. The minimum Gasteiger partial charge on any atom is -0.271 e. The zero-order chi connectivity index (χ0) is 8.69. The fourth-order valence-corrected chi connectivity index (χ4v) is 0.624. The Morgan fingerprint density at radius 2 is 2.36 bits per heavy atom. The second-order valence-corrected chi connectivity index (χ2v) is 1.76. The van der Waals surface area contributed by atoms with Crippen LogP contribution in [0.25, 0.3) is 0 Å². The van der Waals surface area contributed by atoms with Crippen LogP contribution in [0, 0.1) is 12.5 Å². The Balaban J connectivity index is 4.51. The van der Waals surface area contributed by atoms with E-state index in [1.54, 1.807) is 13.2 Å². The summed E-state index contributed by atoms with van der Waals surface area (Å²) in [4.78, 5) is 5.48. The molecule has 0 aliphatic heterocycles. The first-order valence-corrected chi connectivity index (χ1v) is 3.27. The molecule has 0 aliphatic carbocycles. The topological polar surface area (TPSA) is 15.6 Å². The lowest BCUT2D eigenvalue weighted by atomic mass is 10.4. The molecule has 2 nitrogen and oxygen atoms in total. The van der Waals surface area contributed by atoms with Crippen molar-refractivity contribution in [1.82, 2.24) is 4.90 Å². The largest absolute Gasteiger partial charge is 0.271 e. The molecule has 0 saturated carbocycles. The zero-order valence-corrected chi connectivity index (χ0v) is 6.91. The Kier molecular flexibility index (Phi) is 4.59. The average Bonchev–Trinajstić information content (AvgIpc) is 2.05. The van der Waals surface area contributed by atoms with Crippen LogP contribution in [0.5, 0.6) is 0 Å². The van der Waals surface area contributed by atoms with E-state index >= 15 is 0 Å². The van der Waals surface area contributed by atoms with E-state index in [0.29, 0.717) is 5.84 Å². The monoisotopic (exact) mass is 148 g/mol. The Hall–Kier alpha value is -1.49. The summed E-state index contributed by atoms with van der Waals surface area (Å²) in [5.74, 6) is 0.713. The van der Waals surface area contributed by atoms with Crippen molar-refractivity contribution in [3.8, 4) is 12.5 Å². The predicted molar refractivity (Wildman–Crippen MR) is 49.0 cm³/mol. The summed E-state index contributed by atoms with van der Waals surface area (Å²) in [6, 6.07) is 2.42. The Labute approximate surface area is 67.9 Å². The molecule has 0 rings (SSSR count). The van der Waals surface area contributed by atoms with Gasteiger partial charge in [0.2, 0.25) is 0 Å². The molecule has 0 unspecified atom stereocenters. The number of nitrogens with zero attached hydrogens (tertiary/aromatic N) is 2. The maximum atomic E-state index is 5.18. The molecule has 0 N–H and O–H groups in total. The fraction of sp³-hybridized carbons (Fsp3) is 0.222. The molecule has 0 saturated heterocycles. The van der Waals surface area contributed by atoms with Crippen molar-refractivity contribution in [2.45, 2.75) is 6.92 Å². The second-order valence-electron chi connectivity index (χ2n) is 1.76. The highest BCUT2D eigenvalue weighted by molar-refractivity contribution is 5.94. The van der Waals surface area contributed by atoms with Gasteiger partial charge in [0.1, 0.15) is 5.84 Å². The smallest absolute Gasteiger partial charge is 0.138 e. The summed E-state index contributed by atoms with van der Waals surface area (Å²) in [5, 5.41) is 0. The second kappa shape index (κ2) is 5.31. The van der Waals surface area contributed by atoms with Crippen molar-refractivity contribution in [2.24, 2.45) is 4.99 Å². The third-order valence-corrected chi connectivity index (χ3v) is 1.11. The van der Waals surface area contributed by atoms with E-state index in [2.05, 4.69) is 17.6 Å². The van der Waals surface area contributed by atoms with E-state index in [-0.39, 0.29) is 0 Å². The first-order valence-electron chi connectivity index (χ1n) is 3.27. The third kappa shape index (κ3) is 2.72. The van der Waals surface area contributed by atoms with Gasteiger partial charge < -0.3 is 0 Å². The van der Waals surface area contributed by atoms with Gasteiger partial charge in [-0.05, 0) is 13.0 Å². The predicted octanol–water partition coefficient (Wildman–Crippen LogP) is 1.63. The quantitative estimate of drug-likeness (QED) is 0.251. The molecule has 58 valence electrons. The van der Waals surface area contributed by atoms with Crippen molar-refractivity contribution in [1.29, 1.82) is 0 Å². The summed E-state index contributed by atoms with van der Waals surface area (Å²) in [5.41, 5.74) is 0. The van der Waals surface area contributed by atoms with E-state index < -0.39 is 0 Å². The van der Waals surface area contributed by atoms with Gasteiger partial charge in [-0.3, -0.25) is 9.89 Å². The lowest BCUT2D eigenvalue weighted by molar-refractivity contribution is 0.808. The summed E-state index contributed by atoms with van der Waals surface area (Å²) in [6.45, 7) is 5.46. The summed E-state index contributed by atoms with van der Waals surface area (Å²) >= 11 is 0. The number of terminal acetylenes is 1. The van der Waals surface area contributed by atoms with E-state index in [0.717, 1.165) is 0 Å². The van der Waals surface area contributed by atoms with Crippen LogP contribution in [0.4, 0.5) is 0 Å². The van der Waals surface area contributed by atoms with Crippen LogP contribution in [0.2, 0.25) is 0 Å². The molecule has 0 amide bonds. The van der Waals surface area contributed by atoms with Gasteiger partial charge in [0.25, 0.3) is 0 Å². The normalized spacial score (nSPS) is 11.2. The maximum absolute atomic E-state index is 5.18. The molecule has 0 aliphatic rings. The summed E-state index contributed by atoms with van der Waals surface area (Å²) in [6.07, 6.45) is 10.4. The highest BCUT2D eigenvalue weighted by atomic mass is 15.1. The van der Waals surface area contributed by atoms with Crippen molar-refractivity contribution < 1.29 is 0 Å². The highest BCUT2D eigenvalue weighted by Crippen LogP contribution is 1.91. The Morgan fingerprint density at radius 1 is 1.73 bits per heavy atom. The molecular formula is C9H12N2. The van der Waals surface area contributed by atoms with Crippen LogP contribution in [0.3, 0.4) is 0 Å². The minimum atomic E-state index is 0.713. The molecule has 0 atom stereocenters. The molecule has 0 radical (unpaired) electrons. The van der Waals surface area contributed by atoms with Gasteiger partial charge in [0, 0.05) is 19.3 Å². The molecule has 11 heavy (non-hydrogen) atoms. The van der Waals surface area contributed by atoms with Crippen LogP contribution in [-0.2, 0) is 0 Å². The molecule has 0 aromatic heterocycles. The Morgan fingerprint density at radius 3 is 2.64 bits per heavy atom. The van der Waals surface area contributed by atoms with Gasteiger partial charge in [0.05, 0.1) is 0 Å². The van der Waals surface area contributed by atoms with Gasteiger partial charge in [-0.1, -0.05) is 19.1 Å². The number of amidine groups is 1. The number of hydrogen-bond donors (Lipinski definition) is 0. The molecule has 0 fully saturated rings. The molecule has 0 aromatic carbocycles. The molecule has 0 heterocycles. The van der Waals surface area contributed by atoms with Crippen LogP contribution in [0.1, 0.15) is 6.92 Å². The lowest BCUT2D eigenvalue weighted by Gasteiger charge is -2.09.